The topological polar surface area (TPSA) is 134 Å². The minimum atomic E-state index is -0.673. The lowest BCUT2D eigenvalue weighted by Gasteiger charge is -2.05. The Morgan fingerprint density at radius 1 is 1.23 bits per heavy atom. The third-order valence-electron chi connectivity index (χ3n) is 4.12. The van der Waals surface area contributed by atoms with Crippen molar-refractivity contribution >= 4 is 51.6 Å². The van der Waals surface area contributed by atoms with Gasteiger partial charge in [0.1, 0.15) is 5.00 Å². The number of thioether (sulfide) groups is 1. The molecular weight excluding hydrogens is 444 g/mol. The number of thiophene rings is 1. The maximum atomic E-state index is 12.7. The van der Waals surface area contributed by atoms with E-state index in [4.69, 9.17) is 4.74 Å². The maximum absolute atomic E-state index is 12.7. The van der Waals surface area contributed by atoms with Crippen molar-refractivity contribution in [1.82, 2.24) is 5.27 Å². The maximum Gasteiger partial charge on any atom is 0.441 e. The van der Waals surface area contributed by atoms with Crippen LogP contribution in [0.2, 0.25) is 0 Å². The first kappa shape index (κ1) is 22.3. The Kier molecular flexibility index (Phi) is 6.92. The summed E-state index contributed by atoms with van der Waals surface area (Å²) >= 11 is 1.94. The van der Waals surface area contributed by atoms with E-state index in [2.05, 4.69) is 20.4 Å². The minimum Gasteiger partial charge on any atom is -0.465 e. The van der Waals surface area contributed by atoms with Crippen LogP contribution in [0.15, 0.2) is 44.7 Å². The highest BCUT2D eigenvalue weighted by atomic mass is 32.2. The third-order valence-corrected chi connectivity index (χ3v) is 6.45. The van der Waals surface area contributed by atoms with Crippen LogP contribution in [-0.2, 0) is 16.6 Å². The second-order valence-corrected chi connectivity index (χ2v) is 8.24. The lowest BCUT2D eigenvalue weighted by Crippen LogP contribution is -2.34. The second-order valence-electron chi connectivity index (χ2n) is 6.25. The number of anilines is 2. The van der Waals surface area contributed by atoms with E-state index in [-0.39, 0.29) is 26.2 Å². The molecule has 2 heterocycles. The number of benzene rings is 1. The standard InChI is InChI=1S/C19H18N4O6S2/c1-10-13(18(26)28-3)16(21-12(24)9-30-17-19(27)29-22-23(17)2)31-14(10)15(25)20-11-7-5-4-6-8-11/h4-8H,9H2,1-3H3,(H2-,20,21,22,24,25,26,27)/p+1. The van der Waals surface area contributed by atoms with Gasteiger partial charge in [-0.25, -0.2) is 9.59 Å². The predicted molar refractivity (Wildman–Crippen MR) is 115 cm³/mol. The van der Waals surface area contributed by atoms with Crippen molar-refractivity contribution in [3.63, 3.8) is 0 Å². The molecule has 0 fully saturated rings. The molecule has 0 spiro atoms. The van der Waals surface area contributed by atoms with Crippen molar-refractivity contribution in [2.24, 2.45) is 7.05 Å². The van der Waals surface area contributed by atoms with E-state index >= 15 is 0 Å². The number of carbonyl (C=O) groups excluding carboxylic acids is 3. The highest BCUT2D eigenvalue weighted by Gasteiger charge is 2.27. The van der Waals surface area contributed by atoms with Crippen molar-refractivity contribution in [3.8, 4) is 0 Å². The summed E-state index contributed by atoms with van der Waals surface area (Å²) in [6, 6.07) is 8.86. The number of aromatic nitrogens is 2. The van der Waals surface area contributed by atoms with Crippen LogP contribution >= 0.6 is 23.1 Å². The molecule has 3 rings (SSSR count). The number of para-hydroxylation sites is 1. The fourth-order valence-electron chi connectivity index (χ4n) is 2.66. The van der Waals surface area contributed by atoms with E-state index in [1.165, 1.54) is 11.8 Å². The number of nitrogens with one attached hydrogen (secondary N) is 3. The van der Waals surface area contributed by atoms with Crippen LogP contribution in [-0.4, -0.2) is 35.9 Å². The van der Waals surface area contributed by atoms with Gasteiger partial charge in [0.15, 0.2) is 7.05 Å². The van der Waals surface area contributed by atoms with Gasteiger partial charge < -0.3 is 15.4 Å². The first-order valence-electron chi connectivity index (χ1n) is 8.90. The molecule has 1 aromatic carbocycles. The minimum absolute atomic E-state index is 0.107. The Hall–Kier alpha value is -3.38. The molecule has 0 saturated heterocycles. The second kappa shape index (κ2) is 9.62. The fraction of sp³-hybridized carbons (Fsp3) is 0.211. The molecule has 0 saturated carbocycles. The monoisotopic (exact) mass is 463 g/mol. The summed E-state index contributed by atoms with van der Waals surface area (Å²) in [6.07, 6.45) is 0. The number of aryl methyl sites for hydroxylation is 1. The van der Waals surface area contributed by atoms with Crippen molar-refractivity contribution in [1.29, 1.82) is 0 Å². The van der Waals surface area contributed by atoms with E-state index in [0.29, 0.717) is 11.3 Å². The van der Waals surface area contributed by atoms with E-state index < -0.39 is 23.4 Å². The van der Waals surface area contributed by atoms with E-state index in [9.17, 15) is 19.2 Å². The van der Waals surface area contributed by atoms with Crippen molar-refractivity contribution in [2.45, 2.75) is 11.9 Å². The summed E-state index contributed by atoms with van der Waals surface area (Å²) < 4.78 is 10.8. The SMILES string of the molecule is COC(=O)c1c(NC(=O)CSc2c(=O)o[nH][n+]2C)sc(C(=O)Nc2ccccc2)c1C. The first-order valence-corrected chi connectivity index (χ1v) is 10.7. The number of hydrogen-bond acceptors (Lipinski definition) is 8. The molecule has 0 unspecified atom stereocenters. The third kappa shape index (κ3) is 5.03. The molecule has 3 aromatic rings. The number of methoxy groups -OCH3 is 1. The summed E-state index contributed by atoms with van der Waals surface area (Å²) in [4.78, 5) is 49.3. The lowest BCUT2D eigenvalue weighted by molar-refractivity contribution is -0.772. The van der Waals surface area contributed by atoms with Crippen LogP contribution < -0.4 is 20.9 Å². The Balaban J connectivity index is 1.81. The van der Waals surface area contributed by atoms with Crippen LogP contribution in [0, 0.1) is 6.92 Å². The van der Waals surface area contributed by atoms with Crippen LogP contribution in [0.3, 0.4) is 0 Å². The average molecular weight is 464 g/mol. The van der Waals surface area contributed by atoms with Gasteiger partial charge in [0.2, 0.25) is 5.91 Å². The van der Waals surface area contributed by atoms with Crippen molar-refractivity contribution in [3.05, 3.63) is 56.8 Å². The van der Waals surface area contributed by atoms with E-state index in [1.807, 2.05) is 6.07 Å². The molecule has 0 aliphatic carbocycles. The van der Waals surface area contributed by atoms with Crippen molar-refractivity contribution < 1.29 is 28.3 Å². The number of ether oxygens (including phenoxy) is 1. The molecule has 0 atom stereocenters. The Morgan fingerprint density at radius 3 is 2.55 bits per heavy atom. The Bertz CT molecular complexity index is 1180. The number of nitrogens with zero attached hydrogens (tertiary/aromatic N) is 1. The number of aromatic amines is 1. The molecule has 2 amide bonds. The molecule has 162 valence electrons. The summed E-state index contributed by atoms with van der Waals surface area (Å²) in [6.45, 7) is 1.61. The smallest absolute Gasteiger partial charge is 0.441 e. The lowest BCUT2D eigenvalue weighted by atomic mass is 10.1. The summed E-state index contributed by atoms with van der Waals surface area (Å²) in [5.41, 5.74) is 0.504. The van der Waals surface area contributed by atoms with E-state index in [1.54, 1.807) is 38.2 Å². The molecule has 0 bridgehead atoms. The number of hydrogen-bond donors (Lipinski definition) is 3. The van der Waals surface area contributed by atoms with Gasteiger partial charge in [-0.3, -0.25) is 14.1 Å². The molecular formula is C19H19N4O6S2+. The van der Waals surface area contributed by atoms with E-state index in [0.717, 1.165) is 23.1 Å². The Morgan fingerprint density at radius 2 is 1.94 bits per heavy atom. The number of amides is 2. The van der Waals surface area contributed by atoms with Crippen molar-refractivity contribution in [2.75, 3.05) is 23.5 Å². The zero-order valence-corrected chi connectivity index (χ0v) is 18.4. The molecule has 2 aromatic heterocycles. The molecule has 12 heteroatoms. The largest absolute Gasteiger partial charge is 0.465 e. The predicted octanol–water partition coefficient (Wildman–Crippen LogP) is 1.93. The van der Waals surface area contributed by atoms with Gasteiger partial charge in [-0.1, -0.05) is 22.9 Å². The molecule has 10 nitrogen and oxygen atoms in total. The molecule has 0 aliphatic rings. The number of rotatable bonds is 7. The zero-order valence-electron chi connectivity index (χ0n) is 16.8. The zero-order chi connectivity index (χ0) is 22.5. The number of H-pyrrole nitrogens is 1. The van der Waals surface area contributed by atoms with Crippen LogP contribution in [0.1, 0.15) is 25.6 Å². The quantitative estimate of drug-likeness (QED) is 0.277. The fourth-order valence-corrected chi connectivity index (χ4v) is 4.50. The van der Waals surface area contributed by atoms with Gasteiger partial charge in [0.05, 0.1) is 23.3 Å². The summed E-state index contributed by atoms with van der Waals surface area (Å²) in [5, 5.41) is 8.16. The number of carbonyl (C=O) groups is 3. The molecule has 0 aliphatic heterocycles. The average Bonchev–Trinajstić information content (AvgIpc) is 3.25. The van der Waals surface area contributed by atoms with Gasteiger partial charge in [-0.15, -0.1) is 11.3 Å². The summed E-state index contributed by atoms with van der Waals surface area (Å²) in [7, 11) is 2.79. The highest BCUT2D eigenvalue weighted by Crippen LogP contribution is 2.34. The van der Waals surface area contributed by atoms with Gasteiger partial charge >= 0.3 is 16.6 Å². The van der Waals surface area contributed by atoms with Crippen LogP contribution in [0.5, 0.6) is 0 Å². The summed E-state index contributed by atoms with van der Waals surface area (Å²) in [5.74, 6) is -1.66. The molecule has 0 radical (unpaired) electrons. The van der Waals surface area contributed by atoms with Gasteiger partial charge in [0.25, 0.3) is 5.91 Å². The van der Waals surface area contributed by atoms with Gasteiger partial charge in [-0.05, 0) is 41.7 Å². The van der Waals surface area contributed by atoms with Gasteiger partial charge in [0, 0.05) is 5.69 Å². The highest BCUT2D eigenvalue weighted by molar-refractivity contribution is 7.99. The number of esters is 1. The Labute approximate surface area is 184 Å². The van der Waals surface area contributed by atoms with Gasteiger partial charge in [-0.2, -0.15) is 0 Å². The normalized spacial score (nSPS) is 10.5. The molecule has 31 heavy (non-hydrogen) atoms. The molecule has 3 N–H and O–H groups in total. The van der Waals surface area contributed by atoms with Crippen LogP contribution in [0.4, 0.5) is 10.7 Å². The first-order chi connectivity index (χ1) is 14.8. The van der Waals surface area contributed by atoms with Crippen LogP contribution in [0.25, 0.3) is 0 Å².